The van der Waals surface area contributed by atoms with E-state index in [1.807, 2.05) is 17.9 Å². The fraction of sp³-hybridized carbons (Fsp3) is 0.578. The van der Waals surface area contributed by atoms with E-state index >= 15 is 0 Å². The fourth-order valence-electron chi connectivity index (χ4n) is 11.6. The highest BCUT2D eigenvalue weighted by Crippen LogP contribution is 2.49. The van der Waals surface area contributed by atoms with E-state index in [-0.39, 0.29) is 80.6 Å². The average molecular weight is 1340 g/mol. The molecule has 0 unspecified atom stereocenters. The van der Waals surface area contributed by atoms with Crippen LogP contribution in [0.5, 0.6) is 5.75 Å². The molecule has 514 valence electrons. The van der Waals surface area contributed by atoms with Crippen LogP contribution in [-0.2, 0) is 73.3 Å². The van der Waals surface area contributed by atoms with E-state index < -0.39 is 138 Å². The Morgan fingerprint density at radius 1 is 0.926 bits per heavy atom. The van der Waals surface area contributed by atoms with Crippen LogP contribution in [-0.4, -0.2) is 196 Å². The maximum Gasteiger partial charge on any atom is 0.409 e. The molecule has 7 rings (SSSR count). The van der Waals surface area contributed by atoms with E-state index in [1.54, 1.807) is 58.0 Å². The van der Waals surface area contributed by atoms with Crippen molar-refractivity contribution >= 4 is 94.1 Å². The van der Waals surface area contributed by atoms with Crippen molar-refractivity contribution in [3.05, 3.63) is 70.3 Å². The Kier molecular flexibility index (Phi) is 25.0. The van der Waals surface area contributed by atoms with Gasteiger partial charge in [-0.25, -0.2) is 19.2 Å². The third-order valence-electron chi connectivity index (χ3n) is 17.4. The molecule has 5 aliphatic heterocycles. The van der Waals surface area contributed by atoms with Gasteiger partial charge in [0.15, 0.2) is 5.72 Å². The van der Waals surface area contributed by atoms with Crippen LogP contribution >= 0.6 is 11.6 Å². The lowest BCUT2D eigenvalue weighted by molar-refractivity contribution is -0.197. The number of fused-ring (bicyclic) bond motifs is 5. The van der Waals surface area contributed by atoms with Gasteiger partial charge in [-0.2, -0.15) is 0 Å². The number of halogens is 1. The third kappa shape index (κ3) is 18.3. The second-order valence-electron chi connectivity index (χ2n) is 24.7. The summed E-state index contributed by atoms with van der Waals surface area (Å²) in [5, 5.41) is 25.9. The Balaban J connectivity index is 1.09. The molecular formula is C64H87ClN10O19. The summed E-state index contributed by atoms with van der Waals surface area (Å²) in [4.78, 5) is 156. The molecule has 0 saturated carbocycles. The van der Waals surface area contributed by atoms with E-state index in [9.17, 15) is 57.8 Å². The number of allylic oxidation sites excluding steroid dienone is 3. The van der Waals surface area contributed by atoms with Crippen LogP contribution < -0.4 is 46.9 Å². The summed E-state index contributed by atoms with van der Waals surface area (Å²) >= 11 is 6.89. The molecule has 10 atom stereocenters. The Morgan fingerprint density at radius 2 is 1.62 bits per heavy atom. The SMILES string of the molecule is COc1cc2cc(c1Cl)N(C)C(=O)C[C@H](OC(=O)[C@H](C)N(C)C(=O)c1ccc(NC(=O)[C@H](CCCNC(N)=O)NC(=O)[C@@H](NC(=O)CCCCC(=O)ON3C(=O)CCC3=O)C(C)C)c(N3CCOCC3)c1)[C@]1(C)O[C@H]1[C@H](C)[C@@H]1C[C@@](O)(NC(=O)O1)[C@H](OC)/C=C/C=C(\C)C2. The molecule has 2 aromatic rings. The van der Waals surface area contributed by atoms with Gasteiger partial charge in [-0.3, -0.25) is 38.9 Å². The van der Waals surface area contributed by atoms with Crippen molar-refractivity contribution in [2.24, 2.45) is 17.6 Å². The monoisotopic (exact) mass is 1330 g/mol. The number of imide groups is 1. The molecule has 0 spiro atoms. The van der Waals surface area contributed by atoms with Crippen LogP contribution in [0.1, 0.15) is 122 Å². The number of esters is 1. The number of rotatable bonds is 23. The highest BCUT2D eigenvalue weighted by atomic mass is 35.5. The smallest absolute Gasteiger partial charge is 0.409 e. The number of methoxy groups -OCH3 is 2. The summed E-state index contributed by atoms with van der Waals surface area (Å²) in [6.45, 7) is 11.4. The molecule has 29 nitrogen and oxygen atoms in total. The predicted molar refractivity (Wildman–Crippen MR) is 340 cm³/mol. The van der Waals surface area contributed by atoms with Gasteiger partial charge in [0.05, 0.1) is 49.9 Å². The molecule has 0 aromatic heterocycles. The van der Waals surface area contributed by atoms with Crippen LogP contribution in [0.4, 0.5) is 26.7 Å². The minimum atomic E-state index is -1.93. The van der Waals surface area contributed by atoms with Gasteiger partial charge in [0, 0.05) is 84.4 Å². The number of hydroxylamine groups is 2. The standard InChI is InChI=1S/C64H87ClN10O19/c1-35(2)55(70-49(76)18-11-12-19-53(80)94-75-50(77)22-23-51(75)78)58(82)69-42(16-14-24-67-61(66)85)57(81)68-41-21-20-40(32-43(41)74-25-27-90-28-26-74)59(83)72(7)38(5)60(84)92-48-33-52(79)73(8)44-30-39(31-45(88-9)54(44)65)29-36(3)15-13-17-47(89-10)64(87)34-46(91-62(86)71-64)37(4)56-63(48,6)93-56/h13,15,17,20-21,30-32,35,37-38,42,46-48,55-56,87H,11-12,14,16,18-19,22-29,33-34H2,1-10H3,(H,68,81)(H,69,82)(H,70,76)(H,71,86)(H3,66,67,85)/b17-13+,36-15+/t37-,38+,42+,46+,47-,48+,55+,56+,63+,64+/m1/s1. The molecule has 4 saturated heterocycles. The quantitative estimate of drug-likeness (QED) is 0.0359. The van der Waals surface area contributed by atoms with E-state index in [4.69, 9.17) is 50.6 Å². The number of unbranched alkanes of at least 4 members (excludes halogenated alkanes) is 1. The fourth-order valence-corrected chi connectivity index (χ4v) is 11.9. The minimum Gasteiger partial charge on any atom is -0.495 e. The number of epoxide rings is 1. The summed E-state index contributed by atoms with van der Waals surface area (Å²) in [7, 11) is 5.77. The van der Waals surface area contributed by atoms with Crippen LogP contribution in [0.2, 0.25) is 5.02 Å². The second kappa shape index (κ2) is 32.2. The number of ether oxygens (including phenoxy) is 6. The molecule has 5 heterocycles. The van der Waals surface area contributed by atoms with Crippen molar-refractivity contribution in [2.75, 3.05) is 76.3 Å². The van der Waals surface area contributed by atoms with Gasteiger partial charge < -0.3 is 80.1 Å². The van der Waals surface area contributed by atoms with Gasteiger partial charge in [-0.1, -0.05) is 56.2 Å². The summed E-state index contributed by atoms with van der Waals surface area (Å²) < 4.78 is 35.4. The molecule has 4 fully saturated rings. The van der Waals surface area contributed by atoms with E-state index in [0.717, 1.165) is 16.0 Å². The van der Waals surface area contributed by atoms with Crippen LogP contribution in [0.3, 0.4) is 0 Å². The number of nitrogens with two attached hydrogens (primary N) is 1. The Morgan fingerprint density at radius 3 is 2.28 bits per heavy atom. The van der Waals surface area contributed by atoms with Gasteiger partial charge in [-0.05, 0) is 94.7 Å². The Labute approximate surface area is 550 Å². The van der Waals surface area contributed by atoms with Crippen LogP contribution in [0, 0.1) is 11.8 Å². The minimum absolute atomic E-state index is 0.0132. The number of hydrogen-bond donors (Lipinski definition) is 7. The predicted octanol–water partition coefficient (Wildman–Crippen LogP) is 3.85. The molecule has 4 bridgehead atoms. The lowest BCUT2D eigenvalue weighted by Gasteiger charge is -2.42. The van der Waals surface area contributed by atoms with Gasteiger partial charge in [0.1, 0.15) is 52.8 Å². The normalized spacial score (nSPS) is 25.0. The van der Waals surface area contributed by atoms with Gasteiger partial charge in [0.2, 0.25) is 23.6 Å². The number of nitrogens with one attached hydrogen (secondary N) is 5. The number of amides is 10. The maximum atomic E-state index is 14.7. The number of anilines is 3. The van der Waals surface area contributed by atoms with Crippen molar-refractivity contribution < 1.29 is 91.1 Å². The van der Waals surface area contributed by atoms with Crippen LogP contribution in [0.15, 0.2) is 54.1 Å². The Hall–Kier alpha value is -8.38. The number of benzene rings is 2. The first-order valence-corrected chi connectivity index (χ1v) is 31.7. The van der Waals surface area contributed by atoms with Crippen molar-refractivity contribution in [1.29, 1.82) is 0 Å². The number of hydrogen-bond acceptors (Lipinski definition) is 20. The summed E-state index contributed by atoms with van der Waals surface area (Å²) in [5.74, 6) is -6.91. The molecule has 94 heavy (non-hydrogen) atoms. The first-order chi connectivity index (χ1) is 44.5. The zero-order chi connectivity index (χ0) is 68.9. The number of likely N-dealkylation sites (N-methyl/N-ethyl adjacent to an activating group) is 1. The molecule has 8 N–H and O–H groups in total. The molecule has 5 aliphatic rings. The summed E-state index contributed by atoms with van der Waals surface area (Å²) in [6, 6.07) is 3.50. The number of aliphatic hydroxyl groups is 1. The molecule has 0 radical (unpaired) electrons. The van der Waals surface area contributed by atoms with Crippen molar-refractivity contribution in [3.8, 4) is 5.75 Å². The zero-order valence-corrected chi connectivity index (χ0v) is 55.4. The summed E-state index contributed by atoms with van der Waals surface area (Å²) in [6.07, 6.45) is -0.0120. The van der Waals surface area contributed by atoms with Crippen molar-refractivity contribution in [3.63, 3.8) is 0 Å². The first kappa shape index (κ1) is 73.0. The molecule has 0 aliphatic carbocycles. The number of carbonyl (C=O) groups excluding carboxylic acids is 11. The van der Waals surface area contributed by atoms with Gasteiger partial charge in [0.25, 0.3) is 17.7 Å². The van der Waals surface area contributed by atoms with Gasteiger partial charge >= 0.3 is 24.1 Å². The van der Waals surface area contributed by atoms with E-state index in [0.29, 0.717) is 54.9 Å². The first-order valence-electron chi connectivity index (χ1n) is 31.3. The molecule has 30 heteroatoms. The lowest BCUT2D eigenvalue weighted by atomic mass is 9.83. The topological polar surface area (TPSA) is 375 Å². The Bertz CT molecular complexity index is 3250. The lowest BCUT2D eigenvalue weighted by Crippen LogP contribution is -2.63. The number of urea groups is 1. The highest BCUT2D eigenvalue weighted by molar-refractivity contribution is 6.35. The van der Waals surface area contributed by atoms with E-state index in [1.165, 1.54) is 52.3 Å². The highest BCUT2D eigenvalue weighted by Gasteiger charge is 2.64. The number of primary amides is 1. The molecule has 10 amide bonds. The van der Waals surface area contributed by atoms with Crippen molar-refractivity contribution in [1.82, 2.24) is 31.2 Å². The van der Waals surface area contributed by atoms with Crippen LogP contribution in [0.25, 0.3) is 0 Å². The average Bonchev–Trinajstić information content (AvgIpc) is 1.57. The number of carbonyl (C=O) groups is 11. The third-order valence-corrected chi connectivity index (χ3v) is 17.8. The number of morpholine rings is 1. The number of nitrogens with zero attached hydrogens (tertiary/aromatic N) is 4. The number of alkyl carbamates (subject to hydrolysis) is 1. The van der Waals surface area contributed by atoms with E-state index in [2.05, 4.69) is 26.6 Å². The molecule has 2 aromatic carbocycles. The van der Waals surface area contributed by atoms with Crippen molar-refractivity contribution in [2.45, 2.75) is 166 Å². The largest absolute Gasteiger partial charge is 0.495 e. The second-order valence-corrected chi connectivity index (χ2v) is 25.0. The maximum absolute atomic E-state index is 14.7. The summed E-state index contributed by atoms with van der Waals surface area (Å²) in [5.41, 5.74) is 4.59. The zero-order valence-electron chi connectivity index (χ0n) is 54.7. The van der Waals surface area contributed by atoms with Gasteiger partial charge in [-0.15, -0.1) is 5.06 Å². The molecular weight excluding hydrogens is 1250 g/mol.